The summed E-state index contributed by atoms with van der Waals surface area (Å²) < 4.78 is 3.12. The summed E-state index contributed by atoms with van der Waals surface area (Å²) in [6.45, 7) is 4.01. The number of aromatic nitrogens is 1. The van der Waals surface area contributed by atoms with Gasteiger partial charge in [0.05, 0.1) is 6.21 Å². The summed E-state index contributed by atoms with van der Waals surface area (Å²) in [4.78, 5) is 12.1. The van der Waals surface area contributed by atoms with Crippen molar-refractivity contribution in [1.82, 2.24) is 9.99 Å². The summed E-state index contributed by atoms with van der Waals surface area (Å²) in [6, 6.07) is 18.8. The fourth-order valence-electron chi connectivity index (χ4n) is 2.94. The lowest BCUT2D eigenvalue weighted by atomic mass is 10.1. The number of carbonyl (C=O) groups excluding carboxylic acids is 1. The summed E-state index contributed by atoms with van der Waals surface area (Å²) >= 11 is 3.50. The minimum absolute atomic E-state index is 0.526. The molecule has 1 atom stereocenters. The minimum Gasteiger partial charge on any atom is -0.378 e. The summed E-state index contributed by atoms with van der Waals surface area (Å²) in [5.74, 6) is -0.571. The molecule has 0 fully saturated rings. The number of hydrazone groups is 1. The van der Waals surface area contributed by atoms with Crippen molar-refractivity contribution in [2.45, 2.75) is 20.0 Å². The predicted octanol–water partition coefficient (Wildman–Crippen LogP) is 4.04. The summed E-state index contributed by atoms with van der Waals surface area (Å²) in [7, 11) is 0. The molecule has 5 nitrogen and oxygen atoms in total. The first-order valence-electron chi connectivity index (χ1n) is 8.48. The van der Waals surface area contributed by atoms with E-state index in [4.69, 9.17) is 0 Å². The van der Waals surface area contributed by atoms with Crippen molar-refractivity contribution in [1.29, 1.82) is 0 Å². The highest BCUT2D eigenvalue weighted by Crippen LogP contribution is 2.22. The zero-order valence-electron chi connectivity index (χ0n) is 15.1. The van der Waals surface area contributed by atoms with Gasteiger partial charge in [-0.25, -0.2) is 5.43 Å². The first-order chi connectivity index (χ1) is 13.0. The van der Waals surface area contributed by atoms with Crippen LogP contribution < -0.4 is 5.43 Å². The van der Waals surface area contributed by atoms with E-state index in [0.717, 1.165) is 27.1 Å². The van der Waals surface area contributed by atoms with Crippen molar-refractivity contribution in [2.75, 3.05) is 0 Å². The molecule has 3 rings (SSSR count). The molecule has 27 heavy (non-hydrogen) atoms. The van der Waals surface area contributed by atoms with Crippen molar-refractivity contribution in [2.24, 2.45) is 5.10 Å². The Morgan fingerprint density at radius 3 is 2.59 bits per heavy atom. The summed E-state index contributed by atoms with van der Waals surface area (Å²) in [6.07, 6.45) is 0.337. The van der Waals surface area contributed by atoms with Crippen LogP contribution in [0.3, 0.4) is 0 Å². The van der Waals surface area contributed by atoms with Gasteiger partial charge >= 0.3 is 0 Å². The first-order valence-corrected chi connectivity index (χ1v) is 9.27. The molecule has 3 aromatic rings. The van der Waals surface area contributed by atoms with Gasteiger partial charge in [0, 0.05) is 27.1 Å². The highest BCUT2D eigenvalue weighted by Gasteiger charge is 2.16. The monoisotopic (exact) mass is 425 g/mol. The normalized spacial score (nSPS) is 12.3. The molecule has 0 saturated heterocycles. The van der Waals surface area contributed by atoms with Crippen LogP contribution in [-0.4, -0.2) is 21.8 Å². The molecule has 0 bridgehead atoms. The van der Waals surface area contributed by atoms with E-state index in [1.165, 1.54) is 0 Å². The maximum atomic E-state index is 12.1. The first kappa shape index (κ1) is 19.1. The molecule has 1 heterocycles. The van der Waals surface area contributed by atoms with E-state index in [1.54, 1.807) is 30.5 Å². The zero-order chi connectivity index (χ0) is 19.4. The average molecular weight is 426 g/mol. The van der Waals surface area contributed by atoms with Crippen LogP contribution in [-0.2, 0) is 4.79 Å². The van der Waals surface area contributed by atoms with E-state index in [9.17, 15) is 9.90 Å². The van der Waals surface area contributed by atoms with Crippen molar-refractivity contribution in [3.8, 4) is 5.69 Å². The molecule has 1 amide bonds. The topological polar surface area (TPSA) is 66.6 Å². The van der Waals surface area contributed by atoms with Crippen LogP contribution in [0.1, 0.15) is 28.6 Å². The molecule has 2 aromatic carbocycles. The van der Waals surface area contributed by atoms with Gasteiger partial charge in [-0.2, -0.15) is 5.10 Å². The Labute approximate surface area is 166 Å². The van der Waals surface area contributed by atoms with Crippen molar-refractivity contribution >= 4 is 28.1 Å². The molecule has 1 aromatic heterocycles. The number of aryl methyl sites for hydroxylation is 1. The van der Waals surface area contributed by atoms with Gasteiger partial charge in [0.15, 0.2) is 6.10 Å². The van der Waals surface area contributed by atoms with Crippen LogP contribution >= 0.6 is 15.9 Å². The molecule has 0 aliphatic carbocycles. The number of halogens is 1. The molecule has 2 N–H and O–H groups in total. The lowest BCUT2D eigenvalue weighted by Crippen LogP contribution is -2.25. The third-order valence-electron chi connectivity index (χ3n) is 4.28. The third kappa shape index (κ3) is 4.35. The molecule has 0 spiro atoms. The Balaban J connectivity index is 1.75. The minimum atomic E-state index is -1.25. The maximum Gasteiger partial charge on any atom is 0.273 e. The van der Waals surface area contributed by atoms with E-state index >= 15 is 0 Å². The van der Waals surface area contributed by atoms with Crippen LogP contribution in [0.5, 0.6) is 0 Å². The smallest absolute Gasteiger partial charge is 0.273 e. The number of benzene rings is 2. The van der Waals surface area contributed by atoms with E-state index in [-0.39, 0.29) is 0 Å². The number of amides is 1. The molecule has 0 radical (unpaired) electrons. The van der Waals surface area contributed by atoms with E-state index in [2.05, 4.69) is 31.0 Å². The molecule has 0 unspecified atom stereocenters. The van der Waals surface area contributed by atoms with Crippen LogP contribution in [0.25, 0.3) is 5.69 Å². The van der Waals surface area contributed by atoms with Gasteiger partial charge in [0.2, 0.25) is 0 Å². The standard InChI is InChI=1S/C21H20BrN3O2/c1-14-11-17(15(2)25(14)19-10-6-9-18(22)12-19)13-23-24-21(27)20(26)16-7-4-3-5-8-16/h3-13,20,26H,1-2H3,(H,24,27)/b23-13-/t20-/m1/s1. The molecule has 0 aliphatic rings. The summed E-state index contributed by atoms with van der Waals surface area (Å²) in [5.41, 5.74) is 6.92. The van der Waals surface area contributed by atoms with Gasteiger partial charge in [-0.3, -0.25) is 4.79 Å². The van der Waals surface area contributed by atoms with Gasteiger partial charge in [-0.05, 0) is 43.7 Å². The van der Waals surface area contributed by atoms with Crippen molar-refractivity contribution < 1.29 is 9.90 Å². The van der Waals surface area contributed by atoms with Gasteiger partial charge in [-0.15, -0.1) is 0 Å². The predicted molar refractivity (Wildman–Crippen MR) is 110 cm³/mol. The number of aliphatic hydroxyl groups is 1. The molecule has 0 aliphatic heterocycles. The number of nitrogens with one attached hydrogen (secondary N) is 1. The second-order valence-corrected chi connectivity index (χ2v) is 7.10. The average Bonchev–Trinajstić information content (AvgIpc) is 2.95. The third-order valence-corrected chi connectivity index (χ3v) is 4.77. The van der Waals surface area contributed by atoms with Gasteiger partial charge in [0.25, 0.3) is 5.91 Å². The van der Waals surface area contributed by atoms with Crippen molar-refractivity contribution in [3.63, 3.8) is 0 Å². The highest BCUT2D eigenvalue weighted by atomic mass is 79.9. The number of carbonyl (C=O) groups is 1. The second kappa shape index (κ2) is 8.33. The largest absolute Gasteiger partial charge is 0.378 e. The lowest BCUT2D eigenvalue weighted by Gasteiger charge is -2.10. The molecule has 0 saturated carbocycles. The molecule has 6 heteroatoms. The summed E-state index contributed by atoms with van der Waals surface area (Å²) in [5, 5.41) is 14.1. The fourth-order valence-corrected chi connectivity index (χ4v) is 3.33. The highest BCUT2D eigenvalue weighted by molar-refractivity contribution is 9.10. The molecule has 138 valence electrons. The van der Waals surface area contributed by atoms with E-state index in [0.29, 0.717) is 5.56 Å². The number of nitrogens with zero attached hydrogens (tertiary/aromatic N) is 2. The van der Waals surface area contributed by atoms with E-state index in [1.807, 2.05) is 50.2 Å². The van der Waals surface area contributed by atoms with Gasteiger partial charge < -0.3 is 9.67 Å². The van der Waals surface area contributed by atoms with Crippen LogP contribution in [0.4, 0.5) is 0 Å². The van der Waals surface area contributed by atoms with Gasteiger partial charge in [0.1, 0.15) is 0 Å². The molecular formula is C21H20BrN3O2. The Hall–Kier alpha value is -2.70. The maximum absolute atomic E-state index is 12.1. The number of hydrogen-bond donors (Lipinski definition) is 2. The van der Waals surface area contributed by atoms with Crippen LogP contribution in [0.2, 0.25) is 0 Å². The zero-order valence-corrected chi connectivity index (χ0v) is 16.6. The Morgan fingerprint density at radius 1 is 1.15 bits per heavy atom. The quantitative estimate of drug-likeness (QED) is 0.478. The molecular weight excluding hydrogens is 406 g/mol. The second-order valence-electron chi connectivity index (χ2n) is 6.19. The number of rotatable bonds is 5. The van der Waals surface area contributed by atoms with Crippen molar-refractivity contribution in [3.05, 3.63) is 87.7 Å². The lowest BCUT2D eigenvalue weighted by molar-refractivity contribution is -0.129. The fraction of sp³-hybridized carbons (Fsp3) is 0.143. The number of hydrogen-bond acceptors (Lipinski definition) is 3. The van der Waals surface area contributed by atoms with Crippen LogP contribution in [0, 0.1) is 13.8 Å². The number of aliphatic hydroxyl groups excluding tert-OH is 1. The van der Waals surface area contributed by atoms with Gasteiger partial charge in [-0.1, -0.05) is 52.3 Å². The van der Waals surface area contributed by atoms with E-state index < -0.39 is 12.0 Å². The van der Waals surface area contributed by atoms with Crippen LogP contribution in [0.15, 0.2) is 70.2 Å². The Kier molecular flexibility index (Phi) is 5.88. The Bertz CT molecular complexity index is 980. The Morgan fingerprint density at radius 2 is 1.89 bits per heavy atom. The SMILES string of the molecule is Cc1cc(/C=N\NC(=O)[C@H](O)c2ccccc2)c(C)n1-c1cccc(Br)c1.